The topological polar surface area (TPSA) is 68.8 Å². The maximum atomic E-state index is 14.6. The molecule has 0 unspecified atom stereocenters. The van der Waals surface area contributed by atoms with Crippen LogP contribution in [-0.2, 0) is 16.7 Å². The highest BCUT2D eigenvalue weighted by Gasteiger charge is 2.50. The van der Waals surface area contributed by atoms with E-state index in [0.717, 1.165) is 6.07 Å². The molecule has 0 amide bonds. The molecular weight excluding hydrogens is 416 g/mol. The van der Waals surface area contributed by atoms with Crippen molar-refractivity contribution in [2.75, 3.05) is 0 Å². The van der Waals surface area contributed by atoms with Crippen molar-refractivity contribution in [2.45, 2.75) is 51.4 Å². The lowest BCUT2D eigenvalue weighted by atomic mass is 9.88. The van der Waals surface area contributed by atoms with Crippen LogP contribution < -0.4 is 0 Å². The zero-order valence-electron chi connectivity index (χ0n) is 16.9. The van der Waals surface area contributed by atoms with Crippen molar-refractivity contribution >= 4 is 17.4 Å². The predicted molar refractivity (Wildman–Crippen MR) is 103 cm³/mol. The summed E-state index contributed by atoms with van der Waals surface area (Å²) < 4.78 is 59.1. The Hall–Kier alpha value is -3.35. The minimum absolute atomic E-state index is 0.142. The van der Waals surface area contributed by atoms with E-state index in [1.165, 1.54) is 32.2 Å². The molecule has 2 aromatic rings. The van der Waals surface area contributed by atoms with Gasteiger partial charge in [0.05, 0.1) is 13.0 Å². The van der Waals surface area contributed by atoms with E-state index in [2.05, 4.69) is 19.8 Å². The number of carbonyl (C=O) groups excluding carboxylic acids is 1. The minimum atomic E-state index is -4.65. The van der Waals surface area contributed by atoms with Gasteiger partial charge in [0.1, 0.15) is 22.7 Å². The number of alkyl halides is 3. The Morgan fingerprint density at radius 1 is 1.35 bits per heavy atom. The van der Waals surface area contributed by atoms with Crippen LogP contribution in [0.3, 0.4) is 0 Å². The van der Waals surface area contributed by atoms with Crippen LogP contribution in [0.1, 0.15) is 47.7 Å². The Kier molecular flexibility index (Phi) is 5.81. The third-order valence-electron chi connectivity index (χ3n) is 4.88. The van der Waals surface area contributed by atoms with Gasteiger partial charge in [-0.2, -0.15) is 13.2 Å². The molecule has 0 N–H and O–H groups in total. The summed E-state index contributed by atoms with van der Waals surface area (Å²) in [6.45, 7) is 11.2. The lowest BCUT2D eigenvalue weighted by Gasteiger charge is -2.35. The molecule has 10 heteroatoms. The number of aromatic nitrogens is 2. The van der Waals surface area contributed by atoms with E-state index in [4.69, 9.17) is 11.3 Å². The molecular formula is C21H18F4N4O2. The summed E-state index contributed by atoms with van der Waals surface area (Å²) in [6.07, 6.45) is -6.41. The summed E-state index contributed by atoms with van der Waals surface area (Å²) in [5.41, 5.74) is -0.800. The highest BCUT2D eigenvalue weighted by molar-refractivity contribution is 5.97. The second-order valence-corrected chi connectivity index (χ2v) is 7.46. The Morgan fingerprint density at radius 2 is 2.06 bits per heavy atom. The van der Waals surface area contributed by atoms with Crippen molar-refractivity contribution < 1.29 is 27.1 Å². The van der Waals surface area contributed by atoms with Crippen molar-refractivity contribution in [3.05, 3.63) is 64.3 Å². The van der Waals surface area contributed by atoms with E-state index >= 15 is 0 Å². The maximum absolute atomic E-state index is 14.6. The number of aryl methyl sites for hydroxylation is 1. The smallest absolute Gasteiger partial charge is 0.425 e. The van der Waals surface area contributed by atoms with Gasteiger partial charge in [-0.3, -0.25) is 14.8 Å². The molecule has 2 aromatic heterocycles. The predicted octanol–water partition coefficient (Wildman–Crippen LogP) is 4.89. The van der Waals surface area contributed by atoms with Crippen molar-refractivity contribution in [2.24, 2.45) is 4.99 Å². The molecule has 162 valence electrons. The Balaban J connectivity index is 1.93. The molecule has 1 aliphatic rings. The molecule has 0 aromatic carbocycles. The van der Waals surface area contributed by atoms with Gasteiger partial charge in [0.15, 0.2) is 17.8 Å². The number of hydrogen-bond donors (Lipinski definition) is 0. The van der Waals surface area contributed by atoms with Crippen LogP contribution in [0.2, 0.25) is 0 Å². The number of rotatable bonds is 4. The number of aliphatic imine (C=N–C) groups is 1. The number of carbonyl (C=O) groups is 1. The highest BCUT2D eigenvalue weighted by Crippen LogP contribution is 2.40. The number of nitrogens with zero attached hydrogens (tertiary/aromatic N) is 4. The summed E-state index contributed by atoms with van der Waals surface area (Å²) in [6, 6.07) is 3.87. The maximum Gasteiger partial charge on any atom is 0.425 e. The Bertz CT molecular complexity index is 1110. The molecule has 2 atom stereocenters. The second-order valence-electron chi connectivity index (χ2n) is 7.46. The molecule has 6 nitrogen and oxygen atoms in total. The van der Waals surface area contributed by atoms with E-state index in [0.29, 0.717) is 5.56 Å². The van der Waals surface area contributed by atoms with Crippen LogP contribution in [0, 0.1) is 19.3 Å². The Morgan fingerprint density at radius 3 is 2.68 bits per heavy atom. The van der Waals surface area contributed by atoms with Crippen molar-refractivity contribution in [3.8, 4) is 0 Å². The zero-order valence-corrected chi connectivity index (χ0v) is 16.9. The molecule has 0 aliphatic carbocycles. The third-order valence-corrected chi connectivity index (χ3v) is 4.88. The molecule has 0 spiro atoms. The number of halogens is 4. The van der Waals surface area contributed by atoms with Crippen LogP contribution in [0.4, 0.5) is 23.2 Å². The lowest BCUT2D eigenvalue weighted by Crippen LogP contribution is -2.43. The van der Waals surface area contributed by atoms with Gasteiger partial charge in [0.2, 0.25) is 5.69 Å². The van der Waals surface area contributed by atoms with Gasteiger partial charge < -0.3 is 4.74 Å². The number of pyridine rings is 2. The fraction of sp³-hybridized carbons (Fsp3) is 0.381. The summed E-state index contributed by atoms with van der Waals surface area (Å²) in [5.74, 6) is -1.46. The van der Waals surface area contributed by atoms with Crippen LogP contribution in [0.5, 0.6) is 0 Å². The second kappa shape index (κ2) is 8.06. The molecule has 0 saturated heterocycles. The number of ketones is 1. The first-order valence-electron chi connectivity index (χ1n) is 9.26. The monoisotopic (exact) mass is 434 g/mol. The normalized spacial score (nSPS) is 21.1. The van der Waals surface area contributed by atoms with Crippen LogP contribution in [0.15, 0.2) is 29.4 Å². The molecule has 0 saturated carbocycles. The van der Waals surface area contributed by atoms with Gasteiger partial charge in [-0.05, 0) is 37.6 Å². The fourth-order valence-corrected chi connectivity index (χ4v) is 3.48. The SMILES string of the molecule is [C-]#[N+]c1cnc(C(=O)Cc2ccc(F)c([C@]3(C)C[C@@H](C(F)(F)F)OC(C)=N3)n2)c(C)c1. The van der Waals surface area contributed by atoms with E-state index in [9.17, 15) is 22.4 Å². The van der Waals surface area contributed by atoms with Crippen LogP contribution in [0.25, 0.3) is 4.85 Å². The first-order valence-corrected chi connectivity index (χ1v) is 9.26. The van der Waals surface area contributed by atoms with Crippen LogP contribution in [-0.4, -0.2) is 33.9 Å². The molecule has 0 fully saturated rings. The van der Waals surface area contributed by atoms with Crippen LogP contribution >= 0.6 is 0 Å². The summed E-state index contributed by atoms with van der Waals surface area (Å²) in [5, 5.41) is 0. The van der Waals surface area contributed by atoms with E-state index in [1.807, 2.05) is 0 Å². The van der Waals surface area contributed by atoms with Gasteiger partial charge in [0.25, 0.3) is 0 Å². The highest BCUT2D eigenvalue weighted by atomic mass is 19.4. The zero-order chi connectivity index (χ0) is 23.0. The summed E-state index contributed by atoms with van der Waals surface area (Å²) in [7, 11) is 0. The molecule has 3 rings (SSSR count). The van der Waals surface area contributed by atoms with E-state index in [1.54, 1.807) is 6.92 Å². The summed E-state index contributed by atoms with van der Waals surface area (Å²) >= 11 is 0. The number of ether oxygens (including phenoxy) is 1. The van der Waals surface area contributed by atoms with Gasteiger partial charge in [-0.15, -0.1) is 0 Å². The average Bonchev–Trinajstić information content (AvgIpc) is 2.67. The van der Waals surface area contributed by atoms with Crippen molar-refractivity contribution in [3.63, 3.8) is 0 Å². The van der Waals surface area contributed by atoms with Gasteiger partial charge >= 0.3 is 6.18 Å². The van der Waals surface area contributed by atoms with E-state index in [-0.39, 0.29) is 35.1 Å². The lowest BCUT2D eigenvalue weighted by molar-refractivity contribution is -0.208. The average molecular weight is 434 g/mol. The number of hydrogen-bond acceptors (Lipinski definition) is 5. The molecule has 31 heavy (non-hydrogen) atoms. The fourth-order valence-electron chi connectivity index (χ4n) is 3.48. The third kappa shape index (κ3) is 4.71. The molecule has 0 radical (unpaired) electrons. The first kappa shape index (κ1) is 22.3. The summed E-state index contributed by atoms with van der Waals surface area (Å²) in [4.78, 5) is 28.1. The standard InChI is InChI=1S/C21H18F4N4O2/c1-11-7-14(26-4)10-27-18(11)16(30)8-13-5-6-15(22)19(28-13)20(3)9-17(21(23,24)25)31-12(2)29-20/h5-7,10,17H,8-9H2,1-3H3/t17-,20-/m0/s1. The Labute approximate surface area is 175 Å². The molecule has 3 heterocycles. The quantitative estimate of drug-likeness (QED) is 0.391. The molecule has 0 bridgehead atoms. The van der Waals surface area contributed by atoms with Gasteiger partial charge in [-0.1, -0.05) is 0 Å². The van der Waals surface area contributed by atoms with E-state index < -0.39 is 35.8 Å². The van der Waals surface area contributed by atoms with Gasteiger partial charge in [0, 0.05) is 25.2 Å². The largest absolute Gasteiger partial charge is 0.468 e. The number of Topliss-reactive ketones (excluding diaryl/α,β-unsaturated/α-hetero) is 1. The first-order chi connectivity index (χ1) is 14.4. The van der Waals surface area contributed by atoms with Crippen molar-refractivity contribution in [1.29, 1.82) is 0 Å². The molecule has 1 aliphatic heterocycles. The van der Waals surface area contributed by atoms with Crippen molar-refractivity contribution in [1.82, 2.24) is 9.97 Å². The van der Waals surface area contributed by atoms with Gasteiger partial charge in [-0.25, -0.2) is 14.2 Å². The minimum Gasteiger partial charge on any atom is -0.468 e.